The molecule has 28 heavy (non-hydrogen) atoms. The number of hydrogen-bond donors (Lipinski definition) is 1. The van der Waals surface area contributed by atoms with Crippen LogP contribution in [0.15, 0.2) is 24.3 Å². The van der Waals surface area contributed by atoms with E-state index in [1.165, 1.54) is 0 Å². The van der Waals surface area contributed by atoms with Gasteiger partial charge in [0.05, 0.1) is 12.2 Å². The monoisotopic (exact) mass is 385 g/mol. The molecule has 1 amide bonds. The van der Waals surface area contributed by atoms with E-state index in [4.69, 9.17) is 4.74 Å². The number of fused-ring (bicyclic) bond motifs is 2. The first-order valence-electron chi connectivity index (χ1n) is 9.65. The van der Waals surface area contributed by atoms with Gasteiger partial charge in [0.1, 0.15) is 5.41 Å². The summed E-state index contributed by atoms with van der Waals surface area (Å²) in [5, 5.41) is 2.78. The third-order valence-electron chi connectivity index (χ3n) is 6.86. The summed E-state index contributed by atoms with van der Waals surface area (Å²) in [6.07, 6.45) is 0.894. The molecule has 1 N–H and O–H groups in total. The minimum absolute atomic E-state index is 0.244. The molecule has 2 atom stereocenters. The summed E-state index contributed by atoms with van der Waals surface area (Å²) in [5.41, 5.74) is -2.04. The number of carbonyl (C=O) groups is 4. The van der Waals surface area contributed by atoms with Gasteiger partial charge in [-0.1, -0.05) is 34.6 Å². The number of amides is 1. The molecule has 2 bridgehead atoms. The van der Waals surface area contributed by atoms with Gasteiger partial charge in [-0.3, -0.25) is 14.4 Å². The van der Waals surface area contributed by atoms with Gasteiger partial charge in [0.25, 0.3) is 0 Å². The van der Waals surface area contributed by atoms with Crippen molar-refractivity contribution in [1.82, 2.24) is 0 Å². The van der Waals surface area contributed by atoms with Crippen LogP contribution in [0.4, 0.5) is 5.69 Å². The Morgan fingerprint density at radius 3 is 2.14 bits per heavy atom. The van der Waals surface area contributed by atoms with Crippen LogP contribution in [0.5, 0.6) is 0 Å². The normalized spacial score (nSPS) is 27.9. The highest BCUT2D eigenvalue weighted by Crippen LogP contribution is 2.69. The fraction of sp³-hybridized carbons (Fsp3) is 0.545. The summed E-state index contributed by atoms with van der Waals surface area (Å²) in [5.74, 6) is -1.66. The number of carbonyl (C=O) groups excluding carboxylic acids is 4. The third-order valence-corrected chi connectivity index (χ3v) is 6.86. The summed E-state index contributed by atoms with van der Waals surface area (Å²) in [7, 11) is 0. The quantitative estimate of drug-likeness (QED) is 0.477. The number of anilines is 1. The lowest BCUT2D eigenvalue weighted by Crippen LogP contribution is -2.47. The number of esters is 1. The van der Waals surface area contributed by atoms with Crippen LogP contribution in [0, 0.1) is 22.2 Å². The highest BCUT2D eigenvalue weighted by Gasteiger charge is 2.77. The molecule has 0 saturated heterocycles. The number of Topliss-reactive ketones (excluding diaryl/α,β-unsaturated/α-hetero) is 2. The Kier molecular flexibility index (Phi) is 4.72. The number of nitrogens with one attached hydrogen (secondary N) is 1. The Morgan fingerprint density at radius 2 is 1.64 bits per heavy atom. The van der Waals surface area contributed by atoms with Crippen molar-refractivity contribution in [1.29, 1.82) is 0 Å². The minimum Gasteiger partial charge on any atom is -0.462 e. The van der Waals surface area contributed by atoms with Crippen LogP contribution in [0.3, 0.4) is 0 Å². The van der Waals surface area contributed by atoms with Crippen molar-refractivity contribution in [3.63, 3.8) is 0 Å². The van der Waals surface area contributed by atoms with Gasteiger partial charge in [-0.2, -0.15) is 0 Å². The molecule has 0 radical (unpaired) electrons. The molecule has 0 spiro atoms. The predicted molar refractivity (Wildman–Crippen MR) is 104 cm³/mol. The van der Waals surface area contributed by atoms with Crippen molar-refractivity contribution in [2.45, 2.75) is 47.5 Å². The number of ether oxygens (including phenoxy) is 1. The Bertz CT molecular complexity index is 854. The molecule has 3 rings (SSSR count). The molecule has 2 aliphatic rings. The summed E-state index contributed by atoms with van der Waals surface area (Å²) in [6.45, 7) is 9.69. The van der Waals surface area contributed by atoms with Crippen molar-refractivity contribution in [2.24, 2.45) is 22.2 Å². The van der Waals surface area contributed by atoms with E-state index >= 15 is 0 Å². The number of rotatable bonds is 5. The van der Waals surface area contributed by atoms with Crippen LogP contribution < -0.4 is 5.32 Å². The number of hydrogen-bond acceptors (Lipinski definition) is 5. The maximum Gasteiger partial charge on any atom is 0.338 e. The zero-order valence-electron chi connectivity index (χ0n) is 17.0. The van der Waals surface area contributed by atoms with E-state index in [0.717, 1.165) is 0 Å². The molecule has 2 fully saturated rings. The Hall–Kier alpha value is -2.50. The van der Waals surface area contributed by atoms with E-state index in [2.05, 4.69) is 5.32 Å². The second kappa shape index (κ2) is 6.54. The molecule has 150 valence electrons. The smallest absolute Gasteiger partial charge is 0.338 e. The first-order chi connectivity index (χ1) is 13.0. The van der Waals surface area contributed by atoms with Gasteiger partial charge in [0.15, 0.2) is 0 Å². The van der Waals surface area contributed by atoms with Gasteiger partial charge in [-0.05, 0) is 48.4 Å². The third kappa shape index (κ3) is 2.61. The van der Waals surface area contributed by atoms with Crippen molar-refractivity contribution >= 4 is 29.1 Å². The molecule has 1 aromatic carbocycles. The van der Waals surface area contributed by atoms with Crippen molar-refractivity contribution < 1.29 is 23.9 Å². The molecule has 1 aromatic rings. The zero-order chi connectivity index (χ0) is 20.9. The van der Waals surface area contributed by atoms with Crippen LogP contribution in [0.1, 0.15) is 57.8 Å². The maximum atomic E-state index is 13.1. The van der Waals surface area contributed by atoms with Crippen LogP contribution >= 0.6 is 0 Å². The van der Waals surface area contributed by atoms with Gasteiger partial charge in [-0.25, -0.2) is 4.79 Å². The zero-order valence-corrected chi connectivity index (χ0v) is 17.0. The topological polar surface area (TPSA) is 89.5 Å². The van der Waals surface area contributed by atoms with Crippen molar-refractivity contribution in [3.8, 4) is 0 Å². The van der Waals surface area contributed by atoms with Gasteiger partial charge >= 0.3 is 5.97 Å². The largest absolute Gasteiger partial charge is 0.462 e. The van der Waals surface area contributed by atoms with Crippen LogP contribution in [-0.2, 0) is 19.1 Å². The molecule has 0 heterocycles. The predicted octanol–water partition coefficient (Wildman–Crippen LogP) is 3.40. The van der Waals surface area contributed by atoms with Crippen LogP contribution in [0.2, 0.25) is 0 Å². The molecular formula is C22H27NO5. The summed E-state index contributed by atoms with van der Waals surface area (Å²) >= 11 is 0. The van der Waals surface area contributed by atoms with Crippen LogP contribution in [0.25, 0.3) is 0 Å². The first kappa shape index (κ1) is 20.2. The summed E-state index contributed by atoms with van der Waals surface area (Å²) < 4.78 is 5.19. The molecule has 6 nitrogen and oxygen atoms in total. The summed E-state index contributed by atoms with van der Waals surface area (Å²) in [4.78, 5) is 50.4. The molecule has 2 aliphatic carbocycles. The highest BCUT2D eigenvalue weighted by atomic mass is 16.5. The second-order valence-corrected chi connectivity index (χ2v) is 9.04. The van der Waals surface area contributed by atoms with E-state index in [1.807, 2.05) is 27.7 Å². The average molecular weight is 385 g/mol. The van der Waals surface area contributed by atoms with E-state index < -0.39 is 39.7 Å². The molecule has 2 saturated carbocycles. The van der Waals surface area contributed by atoms with Gasteiger partial charge < -0.3 is 10.1 Å². The standard InChI is InChI=1S/C22H27NO5/c1-13(2)12-28-18(26)14-6-8-15(9-7-14)23-19(27)22-11-10-21(5,20(22,3)4)16(24)17(22)25/h6-9,13H,10-12H2,1-5H3,(H,23,27)/t21-,22-/m1/s1. The van der Waals surface area contributed by atoms with Gasteiger partial charge in [0, 0.05) is 11.1 Å². The van der Waals surface area contributed by atoms with E-state index in [0.29, 0.717) is 30.7 Å². The average Bonchev–Trinajstić information content (AvgIpc) is 2.92. The number of benzene rings is 1. The lowest BCUT2D eigenvalue weighted by molar-refractivity contribution is -0.147. The SMILES string of the molecule is CC(C)COC(=O)c1ccc(NC(=O)[C@@]23CC[C@](C)(C(=O)C2=O)C3(C)C)cc1. The van der Waals surface area contributed by atoms with Crippen molar-refractivity contribution in [3.05, 3.63) is 29.8 Å². The number of ketones is 2. The van der Waals surface area contributed by atoms with E-state index in [9.17, 15) is 19.2 Å². The second-order valence-electron chi connectivity index (χ2n) is 9.04. The highest BCUT2D eigenvalue weighted by molar-refractivity contribution is 6.49. The molecule has 6 heteroatoms. The maximum absolute atomic E-state index is 13.1. The molecule has 0 unspecified atom stereocenters. The Labute approximate surface area is 165 Å². The minimum atomic E-state index is -1.34. The Balaban J connectivity index is 1.78. The first-order valence-corrected chi connectivity index (χ1v) is 9.65. The van der Waals surface area contributed by atoms with E-state index in [1.54, 1.807) is 31.2 Å². The molecular weight excluding hydrogens is 358 g/mol. The Morgan fingerprint density at radius 1 is 1.04 bits per heavy atom. The lowest BCUT2D eigenvalue weighted by atomic mass is 9.64. The fourth-order valence-corrected chi connectivity index (χ4v) is 4.53. The lowest BCUT2D eigenvalue weighted by Gasteiger charge is -2.37. The summed E-state index contributed by atoms with van der Waals surface area (Å²) in [6, 6.07) is 6.34. The molecule has 0 aromatic heterocycles. The van der Waals surface area contributed by atoms with Crippen molar-refractivity contribution in [2.75, 3.05) is 11.9 Å². The fourth-order valence-electron chi connectivity index (χ4n) is 4.53. The van der Waals surface area contributed by atoms with Crippen LogP contribution in [-0.4, -0.2) is 30.0 Å². The van der Waals surface area contributed by atoms with E-state index in [-0.39, 0.29) is 5.92 Å². The van der Waals surface area contributed by atoms with Gasteiger partial charge in [-0.15, -0.1) is 0 Å². The molecule has 0 aliphatic heterocycles. The van der Waals surface area contributed by atoms with Gasteiger partial charge in [0.2, 0.25) is 17.5 Å².